The molecule has 12 aromatic rings. The van der Waals surface area contributed by atoms with Gasteiger partial charge in [0.2, 0.25) is 0 Å². The lowest BCUT2D eigenvalue weighted by Gasteiger charge is -2.26. The van der Waals surface area contributed by atoms with Gasteiger partial charge in [-0.25, -0.2) is 19.6 Å². The summed E-state index contributed by atoms with van der Waals surface area (Å²) in [4.78, 5) is 203. The van der Waals surface area contributed by atoms with E-state index < -0.39 is 70.0 Å². The number of imide groups is 5. The highest BCUT2D eigenvalue weighted by Gasteiger charge is 2.43. The molecular formula is C121H106N6O23. The molecule has 29 nitrogen and oxygen atoms in total. The molecule has 0 saturated carbocycles. The Hall–Kier alpha value is -17.9. The van der Waals surface area contributed by atoms with Crippen LogP contribution in [0.3, 0.4) is 0 Å². The van der Waals surface area contributed by atoms with Gasteiger partial charge in [0.1, 0.15) is 46.0 Å². The SMILES string of the molecule is C=C1C=CC(=O)N1CCCCCC(=O)OCCc1ccc(N2C(=O)c3ccc(Oc4ccc(C(C)(C)c5ccc(Oc6ccc7c(c6)C(=O)N(c6ccc(CCOC(=O)CCCCC(=O)OCCc8ccc(N9C(=O)c%10ccc(Oc%11ccc(C(C)(C)c%12ccc(Oc%13ccc%14c(c%13)C(=O)N(c%13ccc(CCOC(=O)CCCCCN%15C(=O)C=CC%15=O)cc%13)C%14=O)cc%12)cc%11)cc%10C9=O)cc8)cc6)C7=O)cc5)cc4)cc3C2=O)cc1. The third-order valence-corrected chi connectivity index (χ3v) is 27.5. The number of ether oxygens (including phenoxy) is 8. The monoisotopic (exact) mass is 2010 g/mol. The molecule has 150 heavy (non-hydrogen) atoms. The molecule has 0 saturated heterocycles. The van der Waals surface area contributed by atoms with E-state index >= 15 is 0 Å². The molecule has 0 aliphatic carbocycles. The molecule has 0 spiro atoms. The van der Waals surface area contributed by atoms with Gasteiger partial charge >= 0.3 is 23.9 Å². The summed E-state index contributed by atoms with van der Waals surface area (Å²) in [6.07, 6.45) is 12.7. The molecule has 758 valence electrons. The highest BCUT2D eigenvalue weighted by Crippen LogP contribution is 2.43. The largest absolute Gasteiger partial charge is 0.465 e. The van der Waals surface area contributed by atoms with Crippen LogP contribution >= 0.6 is 0 Å². The zero-order valence-electron chi connectivity index (χ0n) is 83.0. The van der Waals surface area contributed by atoms with Crippen molar-refractivity contribution in [2.75, 3.05) is 59.1 Å². The van der Waals surface area contributed by atoms with Gasteiger partial charge in [0.15, 0.2) is 0 Å². The lowest BCUT2D eigenvalue weighted by molar-refractivity contribution is -0.145. The third kappa shape index (κ3) is 23.0. The van der Waals surface area contributed by atoms with Crippen molar-refractivity contribution >= 4 is 112 Å². The second kappa shape index (κ2) is 45.0. The molecule has 6 heterocycles. The Morgan fingerprint density at radius 3 is 0.693 bits per heavy atom. The lowest BCUT2D eigenvalue weighted by Crippen LogP contribution is -2.30. The minimum atomic E-state index is -0.510. The van der Waals surface area contributed by atoms with Gasteiger partial charge in [0, 0.05) is 99.2 Å². The van der Waals surface area contributed by atoms with Crippen LogP contribution in [0.1, 0.15) is 232 Å². The number of fused-ring (bicyclic) bond motifs is 4. The zero-order valence-corrected chi connectivity index (χ0v) is 83.0. The summed E-state index contributed by atoms with van der Waals surface area (Å²) in [7, 11) is 0. The molecule has 6 aliphatic rings. The smallest absolute Gasteiger partial charge is 0.305 e. The predicted octanol–water partition coefficient (Wildman–Crippen LogP) is 21.3. The topological polar surface area (TPSA) is 349 Å². The zero-order chi connectivity index (χ0) is 105. The molecule has 0 aromatic heterocycles. The van der Waals surface area contributed by atoms with E-state index in [0.717, 1.165) is 76.9 Å². The number of rotatable bonds is 45. The number of anilines is 4. The number of esters is 4. The van der Waals surface area contributed by atoms with Crippen LogP contribution in [0.4, 0.5) is 22.7 Å². The van der Waals surface area contributed by atoms with Gasteiger partial charge in [-0.15, -0.1) is 0 Å². The highest BCUT2D eigenvalue weighted by atomic mass is 16.5. The number of unbranched alkanes of at least 4 members (excludes halogenated alkanes) is 5. The maximum Gasteiger partial charge on any atom is 0.305 e. The van der Waals surface area contributed by atoms with Crippen molar-refractivity contribution < 1.29 is 110 Å². The molecule has 0 unspecified atom stereocenters. The minimum absolute atomic E-state index is 0.0759. The maximum atomic E-state index is 13.9. The molecule has 0 radical (unpaired) electrons. The van der Waals surface area contributed by atoms with Gasteiger partial charge < -0.3 is 42.8 Å². The minimum Gasteiger partial charge on any atom is -0.465 e. The number of nitrogens with zero attached hydrogens (tertiary/aromatic N) is 6. The van der Waals surface area contributed by atoms with E-state index in [1.807, 2.05) is 97.1 Å². The molecule has 18 rings (SSSR count). The van der Waals surface area contributed by atoms with Gasteiger partial charge in [0.05, 0.1) is 93.7 Å². The number of carbonyl (C=O) groups excluding carboxylic acids is 15. The Morgan fingerprint density at radius 2 is 0.453 bits per heavy atom. The second-order valence-corrected chi connectivity index (χ2v) is 38.2. The van der Waals surface area contributed by atoms with Crippen molar-refractivity contribution in [2.45, 2.75) is 141 Å². The van der Waals surface area contributed by atoms with E-state index in [4.69, 9.17) is 37.9 Å². The third-order valence-electron chi connectivity index (χ3n) is 27.5. The van der Waals surface area contributed by atoms with E-state index in [0.29, 0.717) is 152 Å². The summed E-state index contributed by atoms with van der Waals surface area (Å²) in [5.74, 6) is -2.60. The van der Waals surface area contributed by atoms with Gasteiger partial charge in [-0.05, 0) is 259 Å². The number of amides is 11. The van der Waals surface area contributed by atoms with Gasteiger partial charge in [-0.3, -0.25) is 76.8 Å². The first kappa shape index (κ1) is 102. The molecule has 6 aliphatic heterocycles. The van der Waals surface area contributed by atoms with Gasteiger partial charge in [0.25, 0.3) is 65.0 Å². The Bertz CT molecular complexity index is 6940. The van der Waals surface area contributed by atoms with Crippen molar-refractivity contribution in [3.8, 4) is 46.0 Å². The van der Waals surface area contributed by atoms with Crippen LogP contribution in [0.2, 0.25) is 0 Å². The number of benzene rings is 12. The Kier molecular flexibility index (Phi) is 30.6. The number of carbonyl (C=O) groups is 15. The maximum absolute atomic E-state index is 13.9. The normalized spacial score (nSPS) is 14.1. The van der Waals surface area contributed by atoms with Crippen molar-refractivity contribution in [3.05, 3.63) is 393 Å². The van der Waals surface area contributed by atoms with E-state index in [-0.39, 0.29) is 126 Å². The van der Waals surface area contributed by atoms with E-state index in [1.54, 1.807) is 181 Å². The summed E-state index contributed by atoms with van der Waals surface area (Å²) in [6.45, 7) is 13.6. The van der Waals surface area contributed by atoms with Crippen molar-refractivity contribution in [2.24, 2.45) is 0 Å². The molecule has 0 atom stereocenters. The number of allylic oxidation sites excluding steroid dienone is 1. The Labute approximate surface area is 865 Å². The van der Waals surface area contributed by atoms with Crippen LogP contribution in [0.15, 0.2) is 304 Å². The summed E-state index contributed by atoms with van der Waals surface area (Å²) in [5, 5.41) is 0. The number of hydrogen-bond acceptors (Lipinski definition) is 23. The molecule has 0 bridgehead atoms. The van der Waals surface area contributed by atoms with Crippen molar-refractivity contribution in [1.82, 2.24) is 9.80 Å². The Balaban J connectivity index is 0.375. The fourth-order valence-corrected chi connectivity index (χ4v) is 18.7. The average Bonchev–Trinajstić information content (AvgIpc) is 1.59. The fraction of sp³-hybridized carbons (Fsp3) is 0.231. The second-order valence-electron chi connectivity index (χ2n) is 38.2. The standard InChI is InChI=1S/C121H106N6O23/c1-76-18-59-105(128)122(76)66-12-6-8-14-108(131)143-68-62-77-19-35-85(36-20-77)124-112(135)97-55-51-93(72-101(97)116(124)139)147-89-43-27-81(28-44-89)120(2,3)83-31-47-91(48-32-83)149-95-53-57-99-103(74-95)118(141)126(114(99)137)87-39-23-79(24-40-87)64-70-145-110(133)16-10-11-17-111(134)146-71-65-80-25-41-88(42-26-80)127-115(138)100-58-54-96(75-104(100)119(127)142)150-92-49-33-84(34-50-92)121(4,5)82-29-45-90(46-30-82)148-94-52-56-98-102(73-94)117(140)125(113(98)136)86-37-21-78(22-38-86)63-69-144-109(132)15-9-7-13-67-123-106(129)60-61-107(123)130/h18-61,72-75H,1,6-17,62-71H2,2-5H3. The van der Waals surface area contributed by atoms with Crippen molar-refractivity contribution in [3.63, 3.8) is 0 Å². The summed E-state index contributed by atoms with van der Waals surface area (Å²) >= 11 is 0. The first-order valence-corrected chi connectivity index (χ1v) is 49.9. The lowest BCUT2D eigenvalue weighted by atomic mass is 9.78. The van der Waals surface area contributed by atoms with Crippen LogP contribution in [0.25, 0.3) is 0 Å². The molecular weight excluding hydrogens is 1910 g/mol. The summed E-state index contributed by atoms with van der Waals surface area (Å²) < 4.78 is 46.8. The average molecular weight is 2010 g/mol. The molecule has 0 N–H and O–H groups in total. The molecule has 12 aromatic carbocycles. The molecule has 11 amide bonds. The van der Waals surface area contributed by atoms with Crippen molar-refractivity contribution in [1.29, 1.82) is 0 Å². The van der Waals surface area contributed by atoms with Crippen LogP contribution in [0.5, 0.6) is 46.0 Å². The number of hydrogen-bond donors (Lipinski definition) is 0. The van der Waals surface area contributed by atoms with Crippen LogP contribution < -0.4 is 38.5 Å². The molecule has 0 fully saturated rings. The quantitative estimate of drug-likeness (QED) is 0.0148. The Morgan fingerprint density at radius 1 is 0.240 bits per heavy atom. The highest BCUT2D eigenvalue weighted by molar-refractivity contribution is 6.37. The van der Waals surface area contributed by atoms with Crippen LogP contribution in [-0.4, -0.2) is 138 Å². The summed E-state index contributed by atoms with van der Waals surface area (Å²) in [5.41, 5.74) is 10.2. The summed E-state index contributed by atoms with van der Waals surface area (Å²) in [6, 6.07) is 77.0. The van der Waals surface area contributed by atoms with E-state index in [2.05, 4.69) is 34.3 Å². The molecule has 29 heteroatoms. The van der Waals surface area contributed by atoms with Gasteiger partial charge in [-0.2, -0.15) is 0 Å². The van der Waals surface area contributed by atoms with E-state index in [1.165, 1.54) is 23.1 Å². The predicted molar refractivity (Wildman–Crippen MR) is 556 cm³/mol. The van der Waals surface area contributed by atoms with Gasteiger partial charge in [-0.1, -0.05) is 144 Å². The van der Waals surface area contributed by atoms with Crippen LogP contribution in [-0.2, 0) is 89.0 Å². The first-order valence-electron chi connectivity index (χ1n) is 49.9. The first-order chi connectivity index (χ1) is 72.4. The fourth-order valence-electron chi connectivity index (χ4n) is 18.7. The van der Waals surface area contributed by atoms with Crippen LogP contribution in [0, 0.1) is 0 Å². The van der Waals surface area contributed by atoms with E-state index in [9.17, 15) is 71.9 Å².